The molecule has 3 aromatic rings. The number of likely N-dealkylation sites (N-methyl/N-ethyl adjacent to an activating group) is 1. The second kappa shape index (κ2) is 11.8. The molecular weight excluding hydrogens is 539 g/mol. The Morgan fingerprint density at radius 3 is 2.45 bits per heavy atom. The van der Waals surface area contributed by atoms with Crippen LogP contribution in [0.25, 0.3) is 11.1 Å². The van der Waals surface area contributed by atoms with Crippen LogP contribution in [0.4, 0.5) is 16.2 Å². The van der Waals surface area contributed by atoms with Crippen molar-refractivity contribution >= 4 is 40.6 Å². The van der Waals surface area contributed by atoms with Gasteiger partial charge in [0.15, 0.2) is 11.6 Å². The van der Waals surface area contributed by atoms with Crippen LogP contribution in [0.3, 0.4) is 0 Å². The topological polar surface area (TPSA) is 47.6 Å². The number of urea groups is 1. The molecule has 0 bridgehead atoms. The van der Waals surface area contributed by atoms with E-state index in [0.29, 0.717) is 39.3 Å². The maximum absolute atomic E-state index is 13.3. The van der Waals surface area contributed by atoms with E-state index >= 15 is 0 Å². The fourth-order valence-corrected chi connectivity index (χ4v) is 6.46. The van der Waals surface area contributed by atoms with Crippen molar-refractivity contribution in [2.45, 2.75) is 44.2 Å². The SMILES string of the molecule is CN(C)CCNC1CCC(c2cc(-c3ccccc3Cl)c3c(c2)N(c2c(Cl)cccc2[ClH+])C(=O)NC3)CC1. The number of rotatable bonds is 7. The number of nitrogens with zero attached hydrogens (tertiary/aromatic N) is 2. The smallest absolute Gasteiger partial charge is 0.327 e. The summed E-state index contributed by atoms with van der Waals surface area (Å²) >= 11 is 19.0. The third kappa shape index (κ3) is 5.68. The summed E-state index contributed by atoms with van der Waals surface area (Å²) in [6, 6.07) is 18.1. The number of benzene rings is 3. The third-order valence-corrected chi connectivity index (χ3v) is 8.60. The molecule has 5 nitrogen and oxygen atoms in total. The Morgan fingerprint density at radius 1 is 1.00 bits per heavy atom. The first kappa shape index (κ1) is 27.3. The summed E-state index contributed by atoms with van der Waals surface area (Å²) in [6.45, 7) is 2.45. The van der Waals surface area contributed by atoms with Crippen molar-refractivity contribution in [3.05, 3.63) is 80.8 Å². The molecule has 200 valence electrons. The Balaban J connectivity index is 1.55. The molecule has 2 aliphatic rings. The molecule has 1 saturated carbocycles. The molecule has 3 aromatic carbocycles. The number of carbonyl (C=O) groups is 1. The molecular formula is C30H34Cl3N4O+. The van der Waals surface area contributed by atoms with Crippen molar-refractivity contribution < 1.29 is 16.4 Å². The fraction of sp³-hybridized carbons (Fsp3) is 0.367. The molecule has 2 N–H and O–H groups in total. The lowest BCUT2D eigenvalue weighted by Crippen LogP contribution is -2.42. The average Bonchev–Trinajstić information content (AvgIpc) is 2.89. The number of para-hydroxylation sites is 1. The van der Waals surface area contributed by atoms with E-state index in [1.165, 1.54) is 5.56 Å². The zero-order valence-electron chi connectivity index (χ0n) is 21.8. The number of hydrogen-bond donors (Lipinski definition) is 2. The van der Waals surface area contributed by atoms with E-state index in [0.717, 1.165) is 61.2 Å². The highest BCUT2D eigenvalue weighted by atomic mass is 35.5. The van der Waals surface area contributed by atoms with Gasteiger partial charge in [-0.15, -0.1) is 0 Å². The number of fused-ring (bicyclic) bond motifs is 1. The zero-order valence-corrected chi connectivity index (χ0v) is 24.1. The van der Waals surface area contributed by atoms with Gasteiger partial charge in [-0.05, 0) is 75.0 Å². The van der Waals surface area contributed by atoms with Crippen LogP contribution in [0.1, 0.15) is 42.7 Å². The molecule has 1 fully saturated rings. The van der Waals surface area contributed by atoms with Gasteiger partial charge in [-0.3, -0.25) is 4.90 Å². The minimum absolute atomic E-state index is 0.229. The summed E-state index contributed by atoms with van der Waals surface area (Å²) in [7, 11) is 4.21. The van der Waals surface area contributed by atoms with E-state index in [1.54, 1.807) is 11.0 Å². The van der Waals surface area contributed by atoms with E-state index in [2.05, 4.69) is 41.8 Å². The number of anilines is 2. The summed E-state index contributed by atoms with van der Waals surface area (Å²) in [6.07, 6.45) is 4.43. The molecule has 8 heteroatoms. The molecule has 0 spiro atoms. The van der Waals surface area contributed by atoms with E-state index in [1.807, 2.05) is 36.4 Å². The summed E-state index contributed by atoms with van der Waals surface area (Å²) in [5.74, 6) is 0.398. The second-order valence-corrected chi connectivity index (χ2v) is 11.7. The number of carbonyl (C=O) groups excluding carboxylic acids is 1. The Labute approximate surface area is 240 Å². The second-order valence-electron chi connectivity index (χ2n) is 10.4. The van der Waals surface area contributed by atoms with Crippen LogP contribution < -0.4 is 15.5 Å². The first-order chi connectivity index (χ1) is 18.3. The Morgan fingerprint density at radius 2 is 1.74 bits per heavy atom. The van der Waals surface area contributed by atoms with Gasteiger partial charge in [0, 0.05) is 47.9 Å². The first-order valence-corrected chi connectivity index (χ1v) is 14.3. The minimum atomic E-state index is -0.229. The fourth-order valence-electron chi connectivity index (χ4n) is 5.63. The lowest BCUT2D eigenvalue weighted by Gasteiger charge is -2.34. The summed E-state index contributed by atoms with van der Waals surface area (Å²) in [5.41, 5.74) is 5.60. The molecule has 5 rings (SSSR count). The highest BCUT2D eigenvalue weighted by molar-refractivity contribution is 6.34. The van der Waals surface area contributed by atoms with Crippen molar-refractivity contribution in [2.75, 3.05) is 32.1 Å². The molecule has 1 heterocycles. The van der Waals surface area contributed by atoms with Crippen molar-refractivity contribution in [3.63, 3.8) is 0 Å². The van der Waals surface area contributed by atoms with Crippen LogP contribution in [-0.4, -0.2) is 44.2 Å². The number of amides is 2. The normalized spacial score (nSPS) is 19.4. The van der Waals surface area contributed by atoms with Crippen molar-refractivity contribution in [3.8, 4) is 11.1 Å². The highest BCUT2D eigenvalue weighted by Gasteiger charge is 2.34. The van der Waals surface area contributed by atoms with Gasteiger partial charge < -0.3 is 15.5 Å². The summed E-state index contributed by atoms with van der Waals surface area (Å²) in [5, 5.41) is 8.43. The number of nitrogens with one attached hydrogen (secondary N) is 2. The molecule has 0 saturated heterocycles. The van der Waals surface area contributed by atoms with Gasteiger partial charge in [0.25, 0.3) is 5.02 Å². The van der Waals surface area contributed by atoms with Gasteiger partial charge in [-0.2, -0.15) is 0 Å². The molecule has 0 radical (unpaired) electrons. The molecule has 0 unspecified atom stereocenters. The molecule has 38 heavy (non-hydrogen) atoms. The van der Waals surface area contributed by atoms with Crippen LogP contribution in [0.5, 0.6) is 0 Å². The van der Waals surface area contributed by atoms with E-state index < -0.39 is 0 Å². The molecule has 0 atom stereocenters. The molecule has 1 aliphatic heterocycles. The van der Waals surface area contributed by atoms with Crippen LogP contribution in [-0.2, 0) is 6.54 Å². The maximum atomic E-state index is 13.3. The molecule has 1 aliphatic carbocycles. The number of hydrogen-bond acceptors (Lipinski definition) is 3. The Kier molecular flexibility index (Phi) is 8.51. The van der Waals surface area contributed by atoms with E-state index in [4.69, 9.17) is 34.8 Å². The molecule has 2 amide bonds. The highest BCUT2D eigenvalue weighted by Crippen LogP contribution is 2.46. The largest absolute Gasteiger partial charge is 0.333 e. The first-order valence-electron chi connectivity index (χ1n) is 13.2. The molecule has 0 aromatic heterocycles. The van der Waals surface area contributed by atoms with Gasteiger partial charge in [0.05, 0.1) is 10.7 Å². The monoisotopic (exact) mass is 571 g/mol. The van der Waals surface area contributed by atoms with Crippen molar-refractivity contribution in [1.29, 1.82) is 0 Å². The quantitative estimate of drug-likeness (QED) is 0.324. The van der Waals surface area contributed by atoms with E-state index in [-0.39, 0.29) is 6.03 Å². The predicted octanol–water partition coefficient (Wildman–Crippen LogP) is 6.90. The number of halogens is 3. The Hall–Kier alpha value is -2.28. The summed E-state index contributed by atoms with van der Waals surface area (Å²) < 4.78 is 0. The lowest BCUT2D eigenvalue weighted by atomic mass is 9.79. The standard InChI is InChI=1S/C30H33Cl3N4O/c1-36(2)15-14-34-21-12-10-19(11-13-21)20-16-23(22-6-3-4-7-25(22)31)24-18-35-30(38)37(28(24)17-20)29-26(32)8-5-9-27(29)33/h3-9,16-17,19,21,32,34H,10-15,18H2,1-2H3/p+1. The van der Waals surface area contributed by atoms with E-state index in [9.17, 15) is 4.79 Å². The van der Waals surface area contributed by atoms with Gasteiger partial charge >= 0.3 is 6.03 Å². The third-order valence-electron chi connectivity index (χ3n) is 7.64. The zero-order chi connectivity index (χ0) is 26.8. The van der Waals surface area contributed by atoms with Crippen LogP contribution in [0.15, 0.2) is 54.6 Å². The van der Waals surface area contributed by atoms with Crippen LogP contribution in [0.2, 0.25) is 15.1 Å². The average molecular weight is 573 g/mol. The van der Waals surface area contributed by atoms with Crippen LogP contribution in [0, 0.1) is 11.6 Å². The van der Waals surface area contributed by atoms with Crippen molar-refractivity contribution in [2.24, 2.45) is 0 Å². The maximum Gasteiger partial charge on any atom is 0.327 e. The minimum Gasteiger partial charge on any atom is -0.333 e. The lowest BCUT2D eigenvalue weighted by molar-refractivity contribution is -0.287. The van der Waals surface area contributed by atoms with Gasteiger partial charge in [0.2, 0.25) is 0 Å². The van der Waals surface area contributed by atoms with Gasteiger partial charge in [-0.25, -0.2) is 4.79 Å². The van der Waals surface area contributed by atoms with Gasteiger partial charge in [-0.1, -0.05) is 53.5 Å². The van der Waals surface area contributed by atoms with Crippen molar-refractivity contribution in [1.82, 2.24) is 15.5 Å². The van der Waals surface area contributed by atoms with Crippen LogP contribution >= 0.6 is 23.2 Å². The summed E-state index contributed by atoms with van der Waals surface area (Å²) in [4.78, 5) is 17.2. The van der Waals surface area contributed by atoms with Gasteiger partial charge in [0.1, 0.15) is 5.69 Å². The Bertz CT molecular complexity index is 1300. The predicted molar refractivity (Wildman–Crippen MR) is 155 cm³/mol.